The van der Waals surface area contributed by atoms with E-state index in [-0.39, 0.29) is 0 Å². The Morgan fingerprint density at radius 1 is 1.42 bits per heavy atom. The molecule has 0 atom stereocenters. The van der Waals surface area contributed by atoms with Crippen LogP contribution in [-0.2, 0) is 6.42 Å². The molecule has 0 aliphatic rings. The lowest BCUT2D eigenvalue weighted by Gasteiger charge is -1.98. The van der Waals surface area contributed by atoms with E-state index in [0.29, 0.717) is 0 Å². The van der Waals surface area contributed by atoms with Gasteiger partial charge in [0.1, 0.15) is 17.7 Å². The number of aromatic nitrogens is 2. The zero-order valence-electron chi connectivity index (χ0n) is 10.9. The summed E-state index contributed by atoms with van der Waals surface area (Å²) in [6.45, 7) is 2.01. The van der Waals surface area contributed by atoms with Gasteiger partial charge in [0.25, 0.3) is 0 Å². The Morgan fingerprint density at radius 3 is 3.05 bits per heavy atom. The first-order valence-electron chi connectivity index (χ1n) is 6.14. The number of hydrogen-bond donors (Lipinski definition) is 3. The van der Waals surface area contributed by atoms with Crippen LogP contribution in [0.3, 0.4) is 0 Å². The SMILES string of the molecule is Cc1ccc(N)cc1C#Cc1cnc(CCC=[NH2+])[nH]1. The number of rotatable bonds is 3. The van der Waals surface area contributed by atoms with Crippen molar-refractivity contribution in [3.05, 3.63) is 47.0 Å². The highest BCUT2D eigenvalue weighted by atomic mass is 14.9. The molecule has 2 aromatic rings. The Bertz CT molecular complexity index is 644. The highest BCUT2D eigenvalue weighted by molar-refractivity contribution is 5.52. The van der Waals surface area contributed by atoms with Crippen molar-refractivity contribution < 1.29 is 5.41 Å². The van der Waals surface area contributed by atoms with Gasteiger partial charge in [0, 0.05) is 24.1 Å². The van der Waals surface area contributed by atoms with Gasteiger partial charge in [-0.1, -0.05) is 12.0 Å². The maximum absolute atomic E-state index is 5.75. The molecule has 0 spiro atoms. The third kappa shape index (κ3) is 3.46. The van der Waals surface area contributed by atoms with Crippen LogP contribution in [0.2, 0.25) is 0 Å². The van der Waals surface area contributed by atoms with E-state index in [4.69, 9.17) is 11.1 Å². The number of H-pyrrole nitrogens is 1. The van der Waals surface area contributed by atoms with Crippen LogP contribution in [0.1, 0.15) is 29.1 Å². The van der Waals surface area contributed by atoms with Crippen molar-refractivity contribution >= 4 is 11.9 Å². The summed E-state index contributed by atoms with van der Waals surface area (Å²) in [7, 11) is 0. The molecule has 0 unspecified atom stereocenters. The number of benzene rings is 1. The van der Waals surface area contributed by atoms with Gasteiger partial charge in [-0.3, -0.25) is 5.41 Å². The fraction of sp³-hybridized carbons (Fsp3) is 0.200. The number of nitrogens with one attached hydrogen (secondary N) is 1. The molecule has 2 rings (SSSR count). The molecule has 4 heteroatoms. The predicted octanol–water partition coefficient (Wildman–Crippen LogP) is 0.463. The second-order valence-corrected chi connectivity index (χ2v) is 4.34. The first kappa shape index (κ1) is 12.9. The average molecular weight is 253 g/mol. The summed E-state index contributed by atoms with van der Waals surface area (Å²) in [6.07, 6.45) is 4.97. The average Bonchev–Trinajstić information content (AvgIpc) is 2.85. The number of nitrogen functional groups attached to an aromatic ring is 1. The highest BCUT2D eigenvalue weighted by Gasteiger charge is 1.98. The van der Waals surface area contributed by atoms with E-state index in [2.05, 4.69) is 21.8 Å². The van der Waals surface area contributed by atoms with Crippen LogP contribution in [0.15, 0.2) is 24.4 Å². The molecule has 0 fully saturated rings. The van der Waals surface area contributed by atoms with Gasteiger partial charge in [-0.2, -0.15) is 0 Å². The number of nitrogens with two attached hydrogens (primary N) is 2. The molecule has 1 heterocycles. The summed E-state index contributed by atoms with van der Waals surface area (Å²) in [5.74, 6) is 7.06. The van der Waals surface area contributed by atoms with Gasteiger partial charge in [-0.05, 0) is 30.5 Å². The minimum Gasteiger partial charge on any atom is -0.399 e. The lowest BCUT2D eigenvalue weighted by atomic mass is 10.1. The van der Waals surface area contributed by atoms with E-state index in [1.54, 1.807) is 12.4 Å². The zero-order valence-corrected chi connectivity index (χ0v) is 10.9. The summed E-state index contributed by atoms with van der Waals surface area (Å²) >= 11 is 0. The van der Waals surface area contributed by atoms with E-state index < -0.39 is 0 Å². The maximum atomic E-state index is 5.75. The minimum atomic E-state index is 0.721. The minimum absolute atomic E-state index is 0.721. The normalized spacial score (nSPS) is 9.74. The number of imidazole rings is 1. The van der Waals surface area contributed by atoms with Crippen LogP contribution in [0.4, 0.5) is 5.69 Å². The fourth-order valence-electron chi connectivity index (χ4n) is 1.68. The monoisotopic (exact) mass is 253 g/mol. The van der Waals surface area contributed by atoms with Crippen LogP contribution in [0.5, 0.6) is 0 Å². The molecule has 0 aliphatic heterocycles. The molecule has 19 heavy (non-hydrogen) atoms. The van der Waals surface area contributed by atoms with Crippen LogP contribution >= 0.6 is 0 Å². The maximum Gasteiger partial charge on any atom is 0.136 e. The van der Waals surface area contributed by atoms with Crippen molar-refractivity contribution in [2.24, 2.45) is 0 Å². The van der Waals surface area contributed by atoms with E-state index >= 15 is 0 Å². The number of aromatic amines is 1. The van der Waals surface area contributed by atoms with Gasteiger partial charge in [-0.25, -0.2) is 4.98 Å². The third-order valence-corrected chi connectivity index (χ3v) is 2.77. The molecule has 0 aliphatic carbocycles. The molecule has 5 N–H and O–H groups in total. The Balaban J connectivity index is 2.17. The first-order chi connectivity index (χ1) is 9.19. The van der Waals surface area contributed by atoms with Crippen molar-refractivity contribution in [1.29, 1.82) is 0 Å². The lowest BCUT2D eigenvalue weighted by Crippen LogP contribution is -2.29. The van der Waals surface area contributed by atoms with Gasteiger partial charge in [-0.15, -0.1) is 0 Å². The Labute approximate surface area is 112 Å². The Kier molecular flexibility index (Phi) is 3.99. The summed E-state index contributed by atoms with van der Waals surface area (Å²) < 4.78 is 0. The van der Waals surface area contributed by atoms with Crippen molar-refractivity contribution in [3.8, 4) is 11.8 Å². The quantitative estimate of drug-likeness (QED) is 0.422. The van der Waals surface area contributed by atoms with E-state index in [1.165, 1.54) is 0 Å². The van der Waals surface area contributed by atoms with Crippen LogP contribution in [-0.4, -0.2) is 16.2 Å². The number of aryl methyl sites for hydroxylation is 2. The highest BCUT2D eigenvalue weighted by Crippen LogP contribution is 2.11. The molecule has 0 saturated heterocycles. The van der Waals surface area contributed by atoms with E-state index in [1.807, 2.05) is 25.1 Å². The fourth-order valence-corrected chi connectivity index (χ4v) is 1.68. The van der Waals surface area contributed by atoms with Crippen LogP contribution in [0.25, 0.3) is 0 Å². The topological polar surface area (TPSA) is 80.3 Å². The standard InChI is InChI=1S/C15H16N4/c1-11-4-6-13(17)9-12(11)5-7-14-10-18-15(19-14)3-2-8-16/h4,6,8-10,16H,2-3,17H2,1H3,(H,18,19)/p+1. The van der Waals surface area contributed by atoms with Crippen LogP contribution in [0, 0.1) is 18.8 Å². The first-order valence-corrected chi connectivity index (χ1v) is 6.14. The third-order valence-electron chi connectivity index (χ3n) is 2.77. The second-order valence-electron chi connectivity index (χ2n) is 4.34. The van der Waals surface area contributed by atoms with Gasteiger partial charge in [0.05, 0.1) is 6.20 Å². The molecule has 4 nitrogen and oxygen atoms in total. The van der Waals surface area contributed by atoms with Gasteiger partial charge in [0.2, 0.25) is 0 Å². The smallest absolute Gasteiger partial charge is 0.136 e. The van der Waals surface area contributed by atoms with Crippen LogP contribution < -0.4 is 11.1 Å². The number of nitrogens with zero attached hydrogens (tertiary/aromatic N) is 1. The van der Waals surface area contributed by atoms with Crippen molar-refractivity contribution in [3.63, 3.8) is 0 Å². The van der Waals surface area contributed by atoms with Crippen molar-refractivity contribution in [2.75, 3.05) is 5.73 Å². The van der Waals surface area contributed by atoms with Gasteiger partial charge in [0.15, 0.2) is 0 Å². The molecular formula is C15H17N4+. The zero-order chi connectivity index (χ0) is 13.7. The summed E-state index contributed by atoms with van der Waals surface area (Å²) in [6, 6.07) is 5.72. The largest absolute Gasteiger partial charge is 0.399 e. The molecule has 96 valence electrons. The molecule has 1 aromatic carbocycles. The molecule has 0 saturated carbocycles. The van der Waals surface area contributed by atoms with Crippen molar-refractivity contribution in [1.82, 2.24) is 9.97 Å². The molecule has 0 radical (unpaired) electrons. The molecule has 0 amide bonds. The van der Waals surface area contributed by atoms with Gasteiger partial charge < -0.3 is 10.7 Å². The van der Waals surface area contributed by atoms with E-state index in [0.717, 1.165) is 41.2 Å². The summed E-state index contributed by atoms with van der Waals surface area (Å²) in [5, 5.41) is 5.34. The van der Waals surface area contributed by atoms with Gasteiger partial charge >= 0.3 is 0 Å². The molecule has 1 aromatic heterocycles. The second kappa shape index (κ2) is 5.87. The number of hydrogen-bond acceptors (Lipinski definition) is 2. The van der Waals surface area contributed by atoms with E-state index in [9.17, 15) is 0 Å². The molecular weight excluding hydrogens is 236 g/mol. The Hall–Kier alpha value is -2.54. The van der Waals surface area contributed by atoms with Crippen molar-refractivity contribution in [2.45, 2.75) is 19.8 Å². The predicted molar refractivity (Wildman–Crippen MR) is 76.5 cm³/mol. The lowest BCUT2D eigenvalue weighted by molar-refractivity contribution is -0.107. The molecule has 0 bridgehead atoms. The Morgan fingerprint density at radius 2 is 2.26 bits per heavy atom. The number of anilines is 1. The summed E-state index contributed by atoms with van der Waals surface area (Å²) in [5.41, 5.74) is 9.32. The summed E-state index contributed by atoms with van der Waals surface area (Å²) in [4.78, 5) is 7.41.